The molecule has 1 N–H and O–H groups in total. The maximum Gasteiger partial charge on any atom is 0.339 e. The van der Waals surface area contributed by atoms with E-state index in [2.05, 4.69) is 10.5 Å². The number of non-ortho nitro benzene ring substituents is 1. The highest BCUT2D eigenvalue weighted by molar-refractivity contribution is 7.87. The molecule has 3 aromatic rings. The fourth-order valence-electron chi connectivity index (χ4n) is 2.35. The normalized spacial score (nSPS) is 11.3. The second-order valence-electron chi connectivity index (χ2n) is 6.06. The van der Waals surface area contributed by atoms with E-state index < -0.39 is 20.9 Å². The van der Waals surface area contributed by atoms with Crippen molar-refractivity contribution in [3.8, 4) is 5.75 Å². The number of carbonyl (C=O) groups is 1. The van der Waals surface area contributed by atoms with Crippen molar-refractivity contribution in [1.29, 1.82) is 0 Å². The molecular formula is C20H14ClN3O6S. The number of nitro groups is 1. The predicted molar refractivity (Wildman–Crippen MR) is 114 cm³/mol. The lowest BCUT2D eigenvalue weighted by molar-refractivity contribution is -0.384. The van der Waals surface area contributed by atoms with Crippen LogP contribution in [0.3, 0.4) is 0 Å². The molecule has 0 unspecified atom stereocenters. The maximum absolute atomic E-state index is 12.3. The summed E-state index contributed by atoms with van der Waals surface area (Å²) in [5.74, 6) is -0.372. The molecule has 11 heteroatoms. The summed E-state index contributed by atoms with van der Waals surface area (Å²) in [5.41, 5.74) is 3.11. The average Bonchev–Trinajstić information content (AvgIpc) is 2.75. The summed E-state index contributed by atoms with van der Waals surface area (Å²) < 4.78 is 29.6. The minimum absolute atomic E-state index is 0.0423. The monoisotopic (exact) mass is 459 g/mol. The Kier molecular flexibility index (Phi) is 6.63. The summed E-state index contributed by atoms with van der Waals surface area (Å²) in [6.07, 6.45) is 1.38. The number of hydrazone groups is 1. The summed E-state index contributed by atoms with van der Waals surface area (Å²) in [4.78, 5) is 21.8. The highest BCUT2D eigenvalue weighted by Crippen LogP contribution is 2.21. The number of nitrogens with zero attached hydrogens (tertiary/aromatic N) is 2. The molecule has 0 spiro atoms. The molecule has 0 saturated heterocycles. The van der Waals surface area contributed by atoms with Crippen LogP contribution in [0.15, 0.2) is 82.8 Å². The minimum atomic E-state index is -4.15. The lowest BCUT2D eigenvalue weighted by Gasteiger charge is -2.07. The molecule has 0 fully saturated rings. The Morgan fingerprint density at radius 3 is 2.19 bits per heavy atom. The van der Waals surface area contributed by atoms with Crippen molar-refractivity contribution < 1.29 is 22.3 Å². The van der Waals surface area contributed by atoms with Gasteiger partial charge in [-0.05, 0) is 66.2 Å². The number of halogens is 1. The predicted octanol–water partition coefficient (Wildman–Crippen LogP) is 3.78. The fraction of sp³-hybridized carbons (Fsp3) is 0. The topological polar surface area (TPSA) is 128 Å². The third-order valence-corrected chi connectivity index (χ3v) is 5.42. The number of hydrogen-bond acceptors (Lipinski definition) is 7. The van der Waals surface area contributed by atoms with E-state index >= 15 is 0 Å². The lowest BCUT2D eigenvalue weighted by atomic mass is 10.2. The van der Waals surface area contributed by atoms with Crippen molar-refractivity contribution in [2.24, 2.45) is 5.10 Å². The molecule has 0 aliphatic heterocycles. The number of carbonyl (C=O) groups excluding carboxylic acids is 1. The molecule has 31 heavy (non-hydrogen) atoms. The standard InChI is InChI=1S/C20H14ClN3O6S/c21-16-5-3-15(4-6-16)20(25)23-22-13-14-1-9-18(10-2-14)30-31(28,29)19-11-7-17(8-12-19)24(26)27/h1-13H,(H,23,25)/b22-13-. The van der Waals surface area contributed by atoms with Crippen LogP contribution < -0.4 is 9.61 Å². The van der Waals surface area contributed by atoms with E-state index in [-0.39, 0.29) is 16.3 Å². The largest absolute Gasteiger partial charge is 0.379 e. The number of rotatable bonds is 7. The van der Waals surface area contributed by atoms with E-state index in [1.165, 1.54) is 18.3 Å². The van der Waals surface area contributed by atoms with Gasteiger partial charge in [-0.25, -0.2) is 5.43 Å². The van der Waals surface area contributed by atoms with Crippen LogP contribution in [-0.2, 0) is 10.1 Å². The van der Waals surface area contributed by atoms with Crippen LogP contribution in [0, 0.1) is 10.1 Å². The fourth-order valence-corrected chi connectivity index (χ4v) is 3.41. The van der Waals surface area contributed by atoms with Crippen molar-refractivity contribution >= 4 is 39.5 Å². The van der Waals surface area contributed by atoms with E-state index in [4.69, 9.17) is 15.8 Å². The van der Waals surface area contributed by atoms with Gasteiger partial charge in [0.05, 0.1) is 11.1 Å². The first-order valence-electron chi connectivity index (χ1n) is 8.62. The molecule has 0 saturated carbocycles. The third kappa shape index (κ3) is 5.87. The number of amides is 1. The molecule has 0 heterocycles. The molecule has 0 aromatic heterocycles. The molecule has 0 bridgehead atoms. The Balaban J connectivity index is 1.61. The van der Waals surface area contributed by atoms with Gasteiger partial charge in [-0.3, -0.25) is 14.9 Å². The highest BCUT2D eigenvalue weighted by atomic mass is 35.5. The van der Waals surface area contributed by atoms with Crippen molar-refractivity contribution in [1.82, 2.24) is 5.43 Å². The second kappa shape index (κ2) is 9.37. The van der Waals surface area contributed by atoms with Gasteiger partial charge in [0.2, 0.25) is 0 Å². The lowest BCUT2D eigenvalue weighted by Crippen LogP contribution is -2.17. The minimum Gasteiger partial charge on any atom is -0.379 e. The molecule has 3 rings (SSSR count). The van der Waals surface area contributed by atoms with Crippen molar-refractivity contribution in [3.63, 3.8) is 0 Å². The second-order valence-corrected chi connectivity index (χ2v) is 8.05. The quantitative estimate of drug-likeness (QED) is 0.248. The molecule has 0 atom stereocenters. The van der Waals surface area contributed by atoms with Crippen molar-refractivity contribution in [2.45, 2.75) is 4.90 Å². The molecule has 0 aliphatic carbocycles. The number of nitro benzene ring substituents is 1. The van der Waals surface area contributed by atoms with Crippen molar-refractivity contribution in [3.05, 3.63) is 99.1 Å². The van der Waals surface area contributed by atoms with Crippen LogP contribution in [0.2, 0.25) is 5.02 Å². The first kappa shape index (κ1) is 21.9. The van der Waals surface area contributed by atoms with E-state index in [0.717, 1.165) is 24.3 Å². The summed E-state index contributed by atoms with van der Waals surface area (Å²) in [5, 5.41) is 15.0. The van der Waals surface area contributed by atoms with Crippen LogP contribution in [0.1, 0.15) is 15.9 Å². The maximum atomic E-state index is 12.3. The van der Waals surface area contributed by atoms with Crippen LogP contribution in [-0.4, -0.2) is 25.5 Å². The Hall–Kier alpha value is -3.76. The zero-order valence-electron chi connectivity index (χ0n) is 15.6. The molecule has 158 valence electrons. The van der Waals surface area contributed by atoms with Crippen LogP contribution >= 0.6 is 11.6 Å². The van der Waals surface area contributed by atoms with E-state index in [9.17, 15) is 23.3 Å². The average molecular weight is 460 g/mol. The van der Waals surface area contributed by atoms with Crippen LogP contribution in [0.4, 0.5) is 5.69 Å². The van der Waals surface area contributed by atoms with Crippen molar-refractivity contribution in [2.75, 3.05) is 0 Å². The molecule has 9 nitrogen and oxygen atoms in total. The molecule has 3 aromatic carbocycles. The van der Waals surface area contributed by atoms with Gasteiger partial charge in [-0.1, -0.05) is 11.6 Å². The van der Waals surface area contributed by atoms with E-state index in [0.29, 0.717) is 16.1 Å². The van der Waals surface area contributed by atoms with Gasteiger partial charge in [-0.2, -0.15) is 13.5 Å². The van der Waals surface area contributed by atoms with Gasteiger partial charge in [0, 0.05) is 22.7 Å². The van der Waals surface area contributed by atoms with Gasteiger partial charge < -0.3 is 4.18 Å². The summed E-state index contributed by atoms with van der Waals surface area (Å²) in [7, 11) is -4.15. The number of nitrogens with one attached hydrogen (secondary N) is 1. The van der Waals surface area contributed by atoms with Crippen LogP contribution in [0.25, 0.3) is 0 Å². The highest BCUT2D eigenvalue weighted by Gasteiger charge is 2.18. The molecule has 1 amide bonds. The van der Waals surface area contributed by atoms with E-state index in [1.807, 2.05) is 0 Å². The van der Waals surface area contributed by atoms with E-state index in [1.54, 1.807) is 36.4 Å². The first-order chi connectivity index (χ1) is 14.7. The zero-order valence-corrected chi connectivity index (χ0v) is 17.2. The summed E-state index contributed by atoms with van der Waals surface area (Å²) in [6.45, 7) is 0. The van der Waals surface area contributed by atoms with Gasteiger partial charge in [0.1, 0.15) is 10.6 Å². The number of benzene rings is 3. The molecule has 0 aliphatic rings. The molecule has 0 radical (unpaired) electrons. The van der Waals surface area contributed by atoms with Gasteiger partial charge in [0.25, 0.3) is 11.6 Å². The first-order valence-corrected chi connectivity index (χ1v) is 10.4. The summed E-state index contributed by atoms with van der Waals surface area (Å²) in [6, 6.07) is 16.5. The van der Waals surface area contributed by atoms with Gasteiger partial charge in [-0.15, -0.1) is 0 Å². The summed E-state index contributed by atoms with van der Waals surface area (Å²) >= 11 is 5.77. The number of hydrogen-bond donors (Lipinski definition) is 1. The Labute approximate surface area is 182 Å². The zero-order chi connectivity index (χ0) is 22.4. The van der Waals surface area contributed by atoms with Gasteiger partial charge in [0.15, 0.2) is 0 Å². The van der Waals surface area contributed by atoms with Gasteiger partial charge >= 0.3 is 10.1 Å². The Morgan fingerprint density at radius 2 is 1.61 bits per heavy atom. The van der Waals surface area contributed by atoms with Crippen LogP contribution in [0.5, 0.6) is 5.75 Å². The smallest absolute Gasteiger partial charge is 0.339 e. The third-order valence-electron chi connectivity index (χ3n) is 3.91. The Morgan fingerprint density at radius 1 is 1.00 bits per heavy atom. The molecular weight excluding hydrogens is 446 g/mol. The SMILES string of the molecule is O=C(N/N=C\c1ccc(OS(=O)(=O)c2ccc([N+](=O)[O-])cc2)cc1)c1ccc(Cl)cc1. The Bertz CT molecular complexity index is 1230.